The average Bonchev–Trinajstić information content (AvgIpc) is 3.11. The quantitative estimate of drug-likeness (QED) is 0.652. The molecule has 0 aliphatic carbocycles. The van der Waals surface area contributed by atoms with Crippen molar-refractivity contribution in [3.63, 3.8) is 0 Å². The molecule has 0 aliphatic heterocycles. The van der Waals surface area contributed by atoms with E-state index in [2.05, 4.69) is 9.84 Å². The molecule has 1 aromatic carbocycles. The van der Waals surface area contributed by atoms with Crippen LogP contribution in [-0.4, -0.2) is 30.0 Å². The number of carbonyl (C=O) groups is 1. The lowest BCUT2D eigenvalue weighted by Gasteiger charge is -2.10. The topological polar surface area (TPSA) is 83.6 Å². The lowest BCUT2D eigenvalue weighted by molar-refractivity contribution is 0.0562. The Morgan fingerprint density at radius 3 is 2.73 bits per heavy atom. The first-order valence-electron chi connectivity index (χ1n) is 7.61. The predicted octanol–water partition coefficient (Wildman–Crippen LogP) is 2.49. The van der Waals surface area contributed by atoms with Crippen LogP contribution in [0.5, 0.6) is 5.75 Å². The number of nitrogens with zero attached hydrogens (tertiary/aromatic N) is 2. The predicted molar refractivity (Wildman–Crippen MR) is 89.6 cm³/mol. The van der Waals surface area contributed by atoms with Gasteiger partial charge in [-0.25, -0.2) is 13.9 Å². The normalized spacial score (nSPS) is 10.6. The first-order chi connectivity index (χ1) is 12.5. The third-order valence-electron chi connectivity index (χ3n) is 3.66. The largest absolute Gasteiger partial charge is 0.496 e. The second kappa shape index (κ2) is 7.22. The minimum Gasteiger partial charge on any atom is -0.496 e. The third kappa shape index (κ3) is 3.49. The number of benzene rings is 1. The van der Waals surface area contributed by atoms with Gasteiger partial charge >= 0.3 is 5.97 Å². The van der Waals surface area contributed by atoms with Gasteiger partial charge in [0, 0.05) is 17.7 Å². The number of rotatable bonds is 5. The molecule has 0 N–H and O–H groups in total. The van der Waals surface area contributed by atoms with Gasteiger partial charge in [-0.2, -0.15) is 5.10 Å². The van der Waals surface area contributed by atoms with Gasteiger partial charge in [0.1, 0.15) is 23.9 Å². The zero-order chi connectivity index (χ0) is 18.7. The van der Waals surface area contributed by atoms with Gasteiger partial charge in [0.25, 0.3) is 5.56 Å². The van der Waals surface area contributed by atoms with Crippen LogP contribution < -0.4 is 10.3 Å². The van der Waals surface area contributed by atoms with Gasteiger partial charge in [0.05, 0.1) is 19.9 Å². The zero-order valence-corrected chi connectivity index (χ0v) is 14.1. The first-order valence-corrected chi connectivity index (χ1v) is 7.61. The number of ether oxygens (including phenoxy) is 2. The van der Waals surface area contributed by atoms with Crippen molar-refractivity contribution in [2.75, 3.05) is 14.2 Å². The Morgan fingerprint density at radius 2 is 2.00 bits per heavy atom. The number of esters is 1. The summed E-state index contributed by atoms with van der Waals surface area (Å²) in [6, 6.07) is 9.93. The number of furan rings is 1. The summed E-state index contributed by atoms with van der Waals surface area (Å²) in [5.41, 5.74) is 0.615. The second-order valence-electron chi connectivity index (χ2n) is 5.32. The fraction of sp³-hybridized carbons (Fsp3) is 0.167. The highest BCUT2D eigenvalue weighted by Crippen LogP contribution is 2.28. The molecule has 0 unspecified atom stereocenters. The lowest BCUT2D eigenvalue weighted by atomic mass is 10.1. The Hall–Kier alpha value is -3.42. The highest BCUT2D eigenvalue weighted by Gasteiger charge is 2.14. The van der Waals surface area contributed by atoms with E-state index in [9.17, 15) is 14.0 Å². The summed E-state index contributed by atoms with van der Waals surface area (Å²) in [5, 5.41) is 4.28. The molecule has 26 heavy (non-hydrogen) atoms. The number of halogens is 1. The molecule has 0 aliphatic rings. The number of hydrogen-bond donors (Lipinski definition) is 0. The van der Waals surface area contributed by atoms with Gasteiger partial charge in [-0.05, 0) is 30.3 Å². The van der Waals surface area contributed by atoms with Crippen molar-refractivity contribution in [3.8, 4) is 17.0 Å². The van der Waals surface area contributed by atoms with E-state index in [1.807, 2.05) is 0 Å². The Kier molecular flexibility index (Phi) is 4.83. The Balaban J connectivity index is 1.95. The Bertz CT molecular complexity index is 1010. The molecule has 134 valence electrons. The molecule has 2 heterocycles. The molecule has 0 bridgehead atoms. The van der Waals surface area contributed by atoms with Crippen LogP contribution in [0.1, 0.15) is 16.3 Å². The maximum atomic E-state index is 13.4. The van der Waals surface area contributed by atoms with Gasteiger partial charge in [-0.15, -0.1) is 0 Å². The fourth-order valence-electron chi connectivity index (χ4n) is 2.40. The number of carbonyl (C=O) groups excluding carboxylic acids is 1. The highest BCUT2D eigenvalue weighted by molar-refractivity contribution is 5.86. The molecular formula is C18H15FN2O5. The van der Waals surface area contributed by atoms with Crippen molar-refractivity contribution < 1.29 is 23.1 Å². The second-order valence-corrected chi connectivity index (χ2v) is 5.32. The van der Waals surface area contributed by atoms with E-state index >= 15 is 0 Å². The molecule has 0 atom stereocenters. The van der Waals surface area contributed by atoms with E-state index in [0.717, 1.165) is 0 Å². The minimum atomic E-state index is -0.610. The summed E-state index contributed by atoms with van der Waals surface area (Å²) in [6.45, 7) is 0.0210. The smallest absolute Gasteiger partial charge is 0.373 e. The standard InChI is InChI=1S/C18H15FN2O5/c1-24-16-9-11(19)3-5-13(16)14-6-8-17(22)21(20-14)10-12-4-7-15(26-12)18(23)25-2/h3-9H,10H2,1-2H3. The summed E-state index contributed by atoms with van der Waals surface area (Å²) in [6.07, 6.45) is 0. The van der Waals surface area contributed by atoms with E-state index in [1.54, 1.807) is 6.07 Å². The fourth-order valence-corrected chi connectivity index (χ4v) is 2.40. The molecule has 0 saturated heterocycles. The van der Waals surface area contributed by atoms with Crippen LogP contribution in [0.2, 0.25) is 0 Å². The van der Waals surface area contributed by atoms with E-state index in [4.69, 9.17) is 9.15 Å². The van der Waals surface area contributed by atoms with Crippen LogP contribution in [0, 0.1) is 5.82 Å². The maximum Gasteiger partial charge on any atom is 0.373 e. The summed E-state index contributed by atoms with van der Waals surface area (Å²) in [4.78, 5) is 23.5. The minimum absolute atomic E-state index is 0.0210. The van der Waals surface area contributed by atoms with Crippen LogP contribution in [-0.2, 0) is 11.3 Å². The van der Waals surface area contributed by atoms with E-state index in [1.165, 1.54) is 55.3 Å². The van der Waals surface area contributed by atoms with E-state index < -0.39 is 11.8 Å². The van der Waals surface area contributed by atoms with Crippen LogP contribution in [0.3, 0.4) is 0 Å². The van der Waals surface area contributed by atoms with Gasteiger partial charge < -0.3 is 13.9 Å². The van der Waals surface area contributed by atoms with Crippen molar-refractivity contribution in [2.24, 2.45) is 0 Å². The highest BCUT2D eigenvalue weighted by atomic mass is 19.1. The molecule has 0 radical (unpaired) electrons. The molecular weight excluding hydrogens is 343 g/mol. The molecule has 3 aromatic rings. The van der Waals surface area contributed by atoms with Gasteiger partial charge in [-0.1, -0.05) is 0 Å². The molecule has 0 spiro atoms. The van der Waals surface area contributed by atoms with Gasteiger partial charge in [-0.3, -0.25) is 4.79 Å². The van der Waals surface area contributed by atoms with Crippen molar-refractivity contribution in [1.82, 2.24) is 9.78 Å². The lowest BCUT2D eigenvalue weighted by Crippen LogP contribution is -2.22. The molecule has 0 fully saturated rings. The van der Waals surface area contributed by atoms with E-state index in [-0.39, 0.29) is 17.9 Å². The summed E-state index contributed by atoms with van der Waals surface area (Å²) >= 11 is 0. The molecule has 7 nitrogen and oxygen atoms in total. The molecule has 0 saturated carbocycles. The number of aromatic nitrogens is 2. The van der Waals surface area contributed by atoms with E-state index in [0.29, 0.717) is 22.8 Å². The van der Waals surface area contributed by atoms with Crippen LogP contribution in [0.15, 0.2) is 51.7 Å². The molecule has 3 rings (SSSR count). The Morgan fingerprint density at radius 1 is 1.19 bits per heavy atom. The number of hydrogen-bond acceptors (Lipinski definition) is 6. The first kappa shape index (κ1) is 17.4. The Labute approximate surface area is 147 Å². The van der Waals surface area contributed by atoms with Gasteiger partial charge in [0.15, 0.2) is 0 Å². The van der Waals surface area contributed by atoms with Crippen molar-refractivity contribution >= 4 is 5.97 Å². The number of methoxy groups -OCH3 is 2. The molecule has 2 aromatic heterocycles. The van der Waals surface area contributed by atoms with Crippen LogP contribution in [0.25, 0.3) is 11.3 Å². The van der Waals surface area contributed by atoms with Crippen molar-refractivity contribution in [1.29, 1.82) is 0 Å². The summed E-state index contributed by atoms with van der Waals surface area (Å²) in [5.74, 6) is -0.352. The SMILES string of the molecule is COC(=O)c1ccc(Cn2nc(-c3ccc(F)cc3OC)ccc2=O)o1. The summed E-state index contributed by atoms with van der Waals surface area (Å²) < 4.78 is 29.7. The summed E-state index contributed by atoms with van der Waals surface area (Å²) in [7, 11) is 2.67. The van der Waals surface area contributed by atoms with Crippen molar-refractivity contribution in [2.45, 2.75) is 6.54 Å². The zero-order valence-electron chi connectivity index (χ0n) is 14.1. The van der Waals surface area contributed by atoms with Gasteiger partial charge in [0.2, 0.25) is 5.76 Å². The van der Waals surface area contributed by atoms with Crippen LogP contribution >= 0.6 is 0 Å². The monoisotopic (exact) mass is 358 g/mol. The maximum absolute atomic E-state index is 13.4. The molecule has 0 amide bonds. The molecule has 8 heteroatoms. The van der Waals surface area contributed by atoms with Crippen LogP contribution in [0.4, 0.5) is 4.39 Å². The van der Waals surface area contributed by atoms with Crippen molar-refractivity contribution in [3.05, 3.63) is 70.2 Å². The third-order valence-corrected chi connectivity index (χ3v) is 3.66. The average molecular weight is 358 g/mol.